The minimum absolute atomic E-state index is 0.544. The van der Waals surface area contributed by atoms with Gasteiger partial charge in [-0.05, 0) is 6.08 Å². The molecule has 0 rings (SSSR count). The van der Waals surface area contributed by atoms with Crippen molar-refractivity contribution in [2.75, 3.05) is 0 Å². The lowest BCUT2D eigenvalue weighted by Crippen LogP contribution is -1.86. The highest BCUT2D eigenvalue weighted by molar-refractivity contribution is 5.87. The molecule has 11 heavy (non-hydrogen) atoms. The van der Waals surface area contributed by atoms with Gasteiger partial charge in [-0.25, -0.2) is 4.79 Å². The monoisotopic (exact) mass is 148 g/mol. The molecule has 2 nitrogen and oxygen atoms in total. The number of carboxylic acids is 1. The van der Waals surface area contributed by atoms with E-state index in [-0.39, 0.29) is 0 Å². The summed E-state index contributed by atoms with van der Waals surface area (Å²) in [5, 5.41) is 8.17. The smallest absolute Gasteiger partial charge is 0.382 e. The molecule has 0 unspecified atom stereocenters. The van der Waals surface area contributed by atoms with Gasteiger partial charge in [0.05, 0.1) is 0 Å². The molecule has 1 N–H and O–H groups in total. The van der Waals surface area contributed by atoms with Gasteiger partial charge in [-0.2, -0.15) is 0 Å². The fraction of sp³-hybridized carbons (Fsp3) is 0. The third-order valence-electron chi connectivity index (χ3n) is 0.831. The molecule has 0 aromatic heterocycles. The average Bonchev–Trinajstić information content (AvgIpc) is 1.97. The van der Waals surface area contributed by atoms with Gasteiger partial charge in [-0.3, -0.25) is 0 Å². The summed E-state index contributed by atoms with van der Waals surface area (Å²) in [6.45, 7) is 6.88. The molecule has 56 valence electrons. The van der Waals surface area contributed by atoms with Crippen LogP contribution in [0.4, 0.5) is 0 Å². The number of hydrogen-bond acceptors (Lipinski definition) is 1. The Morgan fingerprint density at radius 1 is 1.36 bits per heavy atom. The zero-order valence-corrected chi connectivity index (χ0v) is 6.00. The lowest BCUT2D eigenvalue weighted by Gasteiger charge is -1.82. The normalized spacial score (nSPS) is 9.27. The van der Waals surface area contributed by atoms with Crippen molar-refractivity contribution in [3.8, 4) is 11.8 Å². The fourth-order valence-electron chi connectivity index (χ4n) is 0.413. The summed E-state index contributed by atoms with van der Waals surface area (Å²) in [7, 11) is 0. The minimum Gasteiger partial charge on any atom is -0.472 e. The van der Waals surface area contributed by atoms with Crippen molar-refractivity contribution in [3.63, 3.8) is 0 Å². The first-order valence-corrected chi connectivity index (χ1v) is 2.90. The fourth-order valence-corrected chi connectivity index (χ4v) is 0.413. The lowest BCUT2D eigenvalue weighted by atomic mass is 10.2. The average molecular weight is 148 g/mol. The zero-order chi connectivity index (χ0) is 8.69. The third kappa shape index (κ3) is 4.73. The maximum absolute atomic E-state index is 9.96. The van der Waals surface area contributed by atoms with Crippen molar-refractivity contribution in [2.24, 2.45) is 0 Å². The summed E-state index contributed by atoms with van der Waals surface area (Å²) in [6, 6.07) is 0. The van der Waals surface area contributed by atoms with Crippen molar-refractivity contribution >= 4 is 5.97 Å². The van der Waals surface area contributed by atoms with Crippen LogP contribution >= 0.6 is 0 Å². The molecule has 0 fully saturated rings. The van der Waals surface area contributed by atoms with E-state index in [0.29, 0.717) is 5.57 Å². The van der Waals surface area contributed by atoms with Crippen LogP contribution in [0.1, 0.15) is 0 Å². The molecule has 0 saturated heterocycles. The Kier molecular flexibility index (Phi) is 4.26. The third-order valence-corrected chi connectivity index (χ3v) is 0.831. The molecule has 0 aliphatic rings. The van der Waals surface area contributed by atoms with E-state index in [9.17, 15) is 4.79 Å². The van der Waals surface area contributed by atoms with Crippen LogP contribution in [0, 0.1) is 11.8 Å². The van der Waals surface area contributed by atoms with E-state index in [2.05, 4.69) is 19.1 Å². The Labute approximate surface area is 65.5 Å². The molecule has 0 radical (unpaired) electrons. The largest absolute Gasteiger partial charge is 0.472 e. The number of carboxylic acid groups (broad SMARTS) is 1. The summed E-state index contributed by atoms with van der Waals surface area (Å²) in [4.78, 5) is 9.96. The van der Waals surface area contributed by atoms with Crippen molar-refractivity contribution < 1.29 is 9.90 Å². The van der Waals surface area contributed by atoms with Gasteiger partial charge in [-0.15, -0.1) is 0 Å². The second-order valence-corrected chi connectivity index (χ2v) is 1.62. The molecule has 0 heterocycles. The molecule has 0 aliphatic heterocycles. The summed E-state index contributed by atoms with van der Waals surface area (Å²) >= 11 is 0. The van der Waals surface area contributed by atoms with Gasteiger partial charge < -0.3 is 5.11 Å². The van der Waals surface area contributed by atoms with Crippen LogP contribution in [0.25, 0.3) is 0 Å². The molecule has 0 saturated carbocycles. The molecule has 2 heteroatoms. The second-order valence-electron chi connectivity index (χ2n) is 1.62. The van der Waals surface area contributed by atoms with Gasteiger partial charge in [0.25, 0.3) is 0 Å². The second kappa shape index (κ2) is 5.07. The van der Waals surface area contributed by atoms with E-state index in [4.69, 9.17) is 5.11 Å². The summed E-state index contributed by atoms with van der Waals surface area (Å²) < 4.78 is 0. The van der Waals surface area contributed by atoms with Crippen molar-refractivity contribution in [1.29, 1.82) is 0 Å². The van der Waals surface area contributed by atoms with Gasteiger partial charge in [0.2, 0.25) is 0 Å². The van der Waals surface area contributed by atoms with Crippen LogP contribution in [-0.4, -0.2) is 11.1 Å². The Bertz CT molecular complexity index is 261. The van der Waals surface area contributed by atoms with Crippen molar-refractivity contribution in [3.05, 3.63) is 37.0 Å². The summed E-state index contributed by atoms with van der Waals surface area (Å²) in [5.74, 6) is 3.20. The highest BCUT2D eigenvalue weighted by Gasteiger charge is 1.84. The van der Waals surface area contributed by atoms with E-state index in [1.54, 1.807) is 6.08 Å². The molecule has 0 aromatic rings. The van der Waals surface area contributed by atoms with Crippen LogP contribution in [0.3, 0.4) is 0 Å². The molecule has 0 spiro atoms. The van der Waals surface area contributed by atoms with Crippen LogP contribution < -0.4 is 0 Å². The number of allylic oxidation sites excluding steroid dienone is 4. The first-order valence-electron chi connectivity index (χ1n) is 2.90. The SMILES string of the molecule is C=C/C=C(/C#CC(=O)O)C=C. The predicted octanol–water partition coefficient (Wildman–Crippen LogP) is 1.37. The quantitative estimate of drug-likeness (QED) is 0.474. The Hall–Kier alpha value is -1.75. The van der Waals surface area contributed by atoms with Gasteiger partial charge in [-0.1, -0.05) is 31.2 Å². The highest BCUT2D eigenvalue weighted by Crippen LogP contribution is 1.91. The van der Waals surface area contributed by atoms with Gasteiger partial charge in [0.15, 0.2) is 0 Å². The summed E-state index contributed by atoms with van der Waals surface area (Å²) in [6.07, 6.45) is 4.58. The first kappa shape index (κ1) is 9.25. The van der Waals surface area contributed by atoms with Crippen LogP contribution in [0.5, 0.6) is 0 Å². The van der Waals surface area contributed by atoms with Gasteiger partial charge >= 0.3 is 5.97 Å². The number of carbonyl (C=O) groups is 1. The molecular formula is C9H8O2. The van der Waals surface area contributed by atoms with Crippen LogP contribution in [0.15, 0.2) is 37.0 Å². The van der Waals surface area contributed by atoms with E-state index in [1.807, 2.05) is 5.92 Å². The molecule has 0 amide bonds. The number of rotatable bonds is 2. The maximum Gasteiger partial charge on any atom is 0.382 e. The van der Waals surface area contributed by atoms with Gasteiger partial charge in [0.1, 0.15) is 0 Å². The minimum atomic E-state index is -1.15. The van der Waals surface area contributed by atoms with E-state index < -0.39 is 5.97 Å². The Morgan fingerprint density at radius 2 is 2.00 bits per heavy atom. The van der Waals surface area contributed by atoms with E-state index in [1.165, 1.54) is 12.2 Å². The highest BCUT2D eigenvalue weighted by atomic mass is 16.4. The number of aliphatic carboxylic acids is 1. The summed E-state index contributed by atoms with van der Waals surface area (Å²) in [5.41, 5.74) is 0.544. The molecule has 0 aliphatic carbocycles. The topological polar surface area (TPSA) is 37.3 Å². The molecular weight excluding hydrogens is 140 g/mol. The predicted molar refractivity (Wildman–Crippen MR) is 43.9 cm³/mol. The Morgan fingerprint density at radius 3 is 2.36 bits per heavy atom. The first-order chi connectivity index (χ1) is 5.20. The number of hydrogen-bond donors (Lipinski definition) is 1. The van der Waals surface area contributed by atoms with Crippen LogP contribution in [0.2, 0.25) is 0 Å². The zero-order valence-electron chi connectivity index (χ0n) is 6.00. The standard InChI is InChI=1S/C9H8O2/c1-3-5-8(4-2)6-7-9(10)11/h3-5H,1-2H2,(H,10,11)/b8-5+. The van der Waals surface area contributed by atoms with Crippen LogP contribution in [-0.2, 0) is 4.79 Å². The maximum atomic E-state index is 9.96. The van der Waals surface area contributed by atoms with Crippen molar-refractivity contribution in [1.82, 2.24) is 0 Å². The van der Waals surface area contributed by atoms with E-state index in [0.717, 1.165) is 0 Å². The van der Waals surface area contributed by atoms with Crippen molar-refractivity contribution in [2.45, 2.75) is 0 Å². The molecule has 0 atom stereocenters. The molecule has 0 aromatic carbocycles. The lowest BCUT2D eigenvalue weighted by molar-refractivity contribution is -0.130. The molecule has 0 bridgehead atoms. The Balaban J connectivity index is 4.46. The van der Waals surface area contributed by atoms with Gasteiger partial charge in [0, 0.05) is 11.5 Å². The van der Waals surface area contributed by atoms with E-state index >= 15 is 0 Å².